The molecule has 0 heterocycles. The van der Waals surface area contributed by atoms with Crippen LogP contribution in [0.5, 0.6) is 0 Å². The van der Waals surface area contributed by atoms with Crippen LogP contribution in [0.3, 0.4) is 0 Å². The highest BCUT2D eigenvalue weighted by atomic mass is 28.3. The molecule has 0 fully saturated rings. The van der Waals surface area contributed by atoms with Crippen molar-refractivity contribution in [1.82, 2.24) is 0 Å². The van der Waals surface area contributed by atoms with Gasteiger partial charge in [-0.25, -0.2) is 0 Å². The Hall–Kier alpha value is -0.863. The first kappa shape index (κ1) is 8.24. The van der Waals surface area contributed by atoms with Gasteiger partial charge in [-0.3, -0.25) is 0 Å². The largest absolute Gasteiger partial charge is 0.424 e. The van der Waals surface area contributed by atoms with Crippen molar-refractivity contribution in [2.24, 2.45) is 0 Å². The molecule has 0 aliphatic heterocycles. The fourth-order valence-electron chi connectivity index (χ4n) is 0.842. The predicted octanol–water partition coefficient (Wildman–Crippen LogP) is 0.911. The zero-order chi connectivity index (χ0) is 8.27. The van der Waals surface area contributed by atoms with E-state index in [1.54, 1.807) is 5.70 Å². The van der Waals surface area contributed by atoms with Crippen LogP contribution in [0.4, 0.5) is 0 Å². The average Bonchev–Trinajstić information content (AvgIpc) is 2.05. The third kappa shape index (κ3) is 2.03. The van der Waals surface area contributed by atoms with Crippen LogP contribution >= 0.6 is 0 Å². The molecule has 0 aromatic heterocycles. The fourth-order valence-corrected chi connectivity index (χ4v) is 1.59. The summed E-state index contributed by atoms with van der Waals surface area (Å²) in [5, 5.41) is 0.996. The standard InChI is InChI=1S/C9H11OSi/c1-3-11(10)9-6-4-8(2)5-7-9/h3-7,10H,1H2,2H3. The summed E-state index contributed by atoms with van der Waals surface area (Å²) in [7, 11) is -1.46. The molecule has 1 N–H and O–H groups in total. The molecule has 0 atom stereocenters. The molecule has 0 spiro atoms. The van der Waals surface area contributed by atoms with Crippen LogP contribution in [-0.4, -0.2) is 13.8 Å². The molecule has 0 unspecified atom stereocenters. The Kier molecular flexibility index (Phi) is 2.62. The van der Waals surface area contributed by atoms with Crippen LogP contribution < -0.4 is 5.19 Å². The monoisotopic (exact) mass is 163 g/mol. The molecular formula is C9H11OSi. The number of aryl methyl sites for hydroxylation is 1. The average molecular weight is 163 g/mol. The topological polar surface area (TPSA) is 20.2 Å². The SMILES string of the molecule is C=C[Si](O)c1ccc(C)cc1. The Bertz CT molecular complexity index is 240. The molecule has 0 aliphatic rings. The van der Waals surface area contributed by atoms with Crippen LogP contribution in [0.1, 0.15) is 5.56 Å². The van der Waals surface area contributed by atoms with Crippen molar-refractivity contribution in [2.75, 3.05) is 0 Å². The van der Waals surface area contributed by atoms with E-state index in [4.69, 9.17) is 0 Å². The van der Waals surface area contributed by atoms with Crippen LogP contribution in [0.2, 0.25) is 0 Å². The summed E-state index contributed by atoms with van der Waals surface area (Å²) in [4.78, 5) is 9.40. The van der Waals surface area contributed by atoms with E-state index in [1.165, 1.54) is 5.56 Å². The van der Waals surface area contributed by atoms with Crippen molar-refractivity contribution in [1.29, 1.82) is 0 Å². The normalized spacial score (nSPS) is 10.1. The van der Waals surface area contributed by atoms with E-state index in [-0.39, 0.29) is 0 Å². The predicted molar refractivity (Wildman–Crippen MR) is 49.0 cm³/mol. The Morgan fingerprint density at radius 3 is 2.36 bits per heavy atom. The van der Waals surface area contributed by atoms with E-state index in [0.717, 1.165) is 5.19 Å². The van der Waals surface area contributed by atoms with Gasteiger partial charge in [0.05, 0.1) is 0 Å². The van der Waals surface area contributed by atoms with Gasteiger partial charge in [0.25, 0.3) is 9.04 Å². The molecule has 0 aliphatic carbocycles. The second-order valence-corrected chi connectivity index (χ2v) is 4.21. The summed E-state index contributed by atoms with van der Waals surface area (Å²) in [6, 6.07) is 7.90. The lowest BCUT2D eigenvalue weighted by Crippen LogP contribution is -2.27. The number of hydrogen-bond acceptors (Lipinski definition) is 1. The van der Waals surface area contributed by atoms with E-state index < -0.39 is 9.04 Å². The van der Waals surface area contributed by atoms with Crippen molar-refractivity contribution in [3.8, 4) is 0 Å². The molecule has 1 rings (SSSR count). The number of rotatable bonds is 2. The summed E-state index contributed by atoms with van der Waals surface area (Å²) in [6.45, 7) is 5.58. The van der Waals surface area contributed by atoms with Crippen LogP contribution in [0, 0.1) is 6.92 Å². The third-order valence-corrected chi connectivity index (χ3v) is 2.85. The van der Waals surface area contributed by atoms with Crippen LogP contribution in [0.25, 0.3) is 0 Å². The molecule has 1 nitrogen and oxygen atoms in total. The van der Waals surface area contributed by atoms with E-state index in [0.29, 0.717) is 0 Å². The molecule has 0 saturated carbocycles. The minimum absolute atomic E-state index is 0.996. The zero-order valence-electron chi connectivity index (χ0n) is 6.54. The maximum absolute atomic E-state index is 9.40. The van der Waals surface area contributed by atoms with E-state index in [2.05, 4.69) is 6.58 Å². The van der Waals surface area contributed by atoms with E-state index in [1.807, 2.05) is 31.2 Å². The van der Waals surface area contributed by atoms with Crippen molar-refractivity contribution >= 4 is 14.2 Å². The van der Waals surface area contributed by atoms with Gasteiger partial charge in [-0.1, -0.05) is 35.5 Å². The third-order valence-electron chi connectivity index (χ3n) is 1.54. The molecule has 11 heavy (non-hydrogen) atoms. The molecule has 2 heteroatoms. The highest BCUT2D eigenvalue weighted by Gasteiger charge is 2.04. The smallest absolute Gasteiger partial charge is 0.271 e. The Morgan fingerprint density at radius 1 is 1.36 bits per heavy atom. The Morgan fingerprint density at radius 2 is 1.91 bits per heavy atom. The summed E-state index contributed by atoms with van der Waals surface area (Å²) in [5.74, 6) is 0. The van der Waals surface area contributed by atoms with Gasteiger partial charge >= 0.3 is 0 Å². The van der Waals surface area contributed by atoms with Crippen molar-refractivity contribution in [3.05, 3.63) is 42.1 Å². The second-order valence-electron chi connectivity index (χ2n) is 2.46. The summed E-state index contributed by atoms with van der Waals surface area (Å²) < 4.78 is 0. The fraction of sp³-hybridized carbons (Fsp3) is 0.111. The lowest BCUT2D eigenvalue weighted by Gasteiger charge is -2.01. The first-order valence-corrected chi connectivity index (χ1v) is 5.02. The maximum Gasteiger partial charge on any atom is 0.271 e. The summed E-state index contributed by atoms with van der Waals surface area (Å²) in [6.07, 6.45) is 0. The highest BCUT2D eigenvalue weighted by molar-refractivity contribution is 6.70. The molecule has 0 saturated heterocycles. The lowest BCUT2D eigenvalue weighted by molar-refractivity contribution is 0.599. The molecule has 1 aromatic rings. The molecular weight excluding hydrogens is 152 g/mol. The lowest BCUT2D eigenvalue weighted by atomic mass is 10.2. The summed E-state index contributed by atoms with van der Waals surface area (Å²) in [5.41, 5.74) is 2.84. The van der Waals surface area contributed by atoms with Gasteiger partial charge in [0.1, 0.15) is 0 Å². The number of hydrogen-bond donors (Lipinski definition) is 1. The second kappa shape index (κ2) is 3.51. The molecule has 1 aromatic carbocycles. The maximum atomic E-state index is 9.40. The Labute approximate surface area is 68.7 Å². The first-order chi connectivity index (χ1) is 5.24. The first-order valence-electron chi connectivity index (χ1n) is 3.49. The van der Waals surface area contributed by atoms with Gasteiger partial charge in [-0.2, -0.15) is 0 Å². The van der Waals surface area contributed by atoms with E-state index in [9.17, 15) is 4.80 Å². The van der Waals surface area contributed by atoms with Crippen molar-refractivity contribution < 1.29 is 4.80 Å². The molecule has 1 radical (unpaired) electrons. The molecule has 57 valence electrons. The van der Waals surface area contributed by atoms with E-state index >= 15 is 0 Å². The minimum atomic E-state index is -1.46. The van der Waals surface area contributed by atoms with Gasteiger partial charge in [0, 0.05) is 0 Å². The van der Waals surface area contributed by atoms with Crippen molar-refractivity contribution in [3.63, 3.8) is 0 Å². The summed E-state index contributed by atoms with van der Waals surface area (Å²) >= 11 is 0. The van der Waals surface area contributed by atoms with Gasteiger partial charge in [0.15, 0.2) is 0 Å². The quantitative estimate of drug-likeness (QED) is 0.643. The van der Waals surface area contributed by atoms with Crippen LogP contribution in [-0.2, 0) is 0 Å². The molecule has 0 bridgehead atoms. The van der Waals surface area contributed by atoms with Gasteiger partial charge < -0.3 is 4.80 Å². The van der Waals surface area contributed by atoms with Gasteiger partial charge in [-0.05, 0) is 12.1 Å². The number of benzene rings is 1. The van der Waals surface area contributed by atoms with Gasteiger partial charge in [0.2, 0.25) is 0 Å². The zero-order valence-corrected chi connectivity index (χ0v) is 7.54. The Balaban J connectivity index is 2.89. The van der Waals surface area contributed by atoms with Crippen LogP contribution in [0.15, 0.2) is 36.5 Å². The molecule has 0 amide bonds. The van der Waals surface area contributed by atoms with Crippen molar-refractivity contribution in [2.45, 2.75) is 6.92 Å². The highest BCUT2D eigenvalue weighted by Crippen LogP contribution is 1.93. The minimum Gasteiger partial charge on any atom is -0.424 e. The van der Waals surface area contributed by atoms with Gasteiger partial charge in [-0.15, -0.1) is 6.58 Å².